The van der Waals surface area contributed by atoms with Gasteiger partial charge in [0.25, 0.3) is 5.91 Å². The van der Waals surface area contributed by atoms with Gasteiger partial charge in [0.15, 0.2) is 9.84 Å². The molecular formula is C20H18ClF4N3O4S. The lowest BCUT2D eigenvalue weighted by Crippen LogP contribution is -2.45. The number of hydrogen-bond acceptors (Lipinski definition) is 5. The molecule has 2 aromatic rings. The van der Waals surface area contributed by atoms with Gasteiger partial charge in [0.1, 0.15) is 11.9 Å². The second kappa shape index (κ2) is 8.92. The fourth-order valence-electron chi connectivity index (χ4n) is 3.19. The molecule has 2 aromatic carbocycles. The van der Waals surface area contributed by atoms with Crippen molar-refractivity contribution in [3.8, 4) is 0 Å². The molecule has 178 valence electrons. The Balaban J connectivity index is 2.13. The number of rotatable bonds is 4. The molecule has 1 aliphatic heterocycles. The molecule has 0 saturated carbocycles. The Morgan fingerprint density at radius 3 is 2.45 bits per heavy atom. The Morgan fingerprint density at radius 2 is 1.88 bits per heavy atom. The number of sulfone groups is 1. The first kappa shape index (κ1) is 24.9. The quantitative estimate of drug-likeness (QED) is 0.618. The van der Waals surface area contributed by atoms with Crippen LogP contribution < -0.4 is 16.0 Å². The average Bonchev–Trinajstić information content (AvgIpc) is 2.77. The van der Waals surface area contributed by atoms with Crippen molar-refractivity contribution in [3.05, 3.63) is 58.4 Å². The van der Waals surface area contributed by atoms with Crippen LogP contribution in [-0.2, 0) is 21.2 Å². The van der Waals surface area contributed by atoms with Gasteiger partial charge in [-0.1, -0.05) is 23.7 Å². The fraction of sp³-hybridized carbons (Fsp3) is 0.300. The highest BCUT2D eigenvalue weighted by Crippen LogP contribution is 2.34. The van der Waals surface area contributed by atoms with Crippen LogP contribution in [0, 0.1) is 5.82 Å². The second-order valence-electron chi connectivity index (χ2n) is 7.48. The number of carbonyl (C=O) groups excluding carboxylic acids is 2. The summed E-state index contributed by atoms with van der Waals surface area (Å²) in [5, 5.41) is 2.02. The first-order valence-electron chi connectivity index (χ1n) is 9.46. The van der Waals surface area contributed by atoms with Gasteiger partial charge >= 0.3 is 6.18 Å². The molecule has 7 nitrogen and oxygen atoms in total. The summed E-state index contributed by atoms with van der Waals surface area (Å²) in [5.74, 6) is -4.43. The molecule has 1 aliphatic rings. The van der Waals surface area contributed by atoms with Crippen LogP contribution >= 0.6 is 11.6 Å². The summed E-state index contributed by atoms with van der Waals surface area (Å²) < 4.78 is 78.6. The number of hydrogen-bond donors (Lipinski definition) is 2. The summed E-state index contributed by atoms with van der Waals surface area (Å²) in [7, 11) is -4.26. The van der Waals surface area contributed by atoms with E-state index in [9.17, 15) is 35.6 Å². The van der Waals surface area contributed by atoms with Crippen molar-refractivity contribution in [2.24, 2.45) is 5.73 Å². The molecule has 0 spiro atoms. The minimum Gasteiger partial charge on any atom is -0.340 e. The van der Waals surface area contributed by atoms with Gasteiger partial charge in [-0.25, -0.2) is 12.8 Å². The third-order valence-electron chi connectivity index (χ3n) is 4.99. The van der Waals surface area contributed by atoms with E-state index >= 15 is 0 Å². The van der Waals surface area contributed by atoms with Gasteiger partial charge in [0, 0.05) is 5.02 Å². The van der Waals surface area contributed by atoms with E-state index in [1.165, 1.54) is 12.1 Å². The van der Waals surface area contributed by atoms with Gasteiger partial charge in [-0.3, -0.25) is 9.59 Å². The van der Waals surface area contributed by atoms with E-state index in [0.29, 0.717) is 23.6 Å². The van der Waals surface area contributed by atoms with Crippen molar-refractivity contribution in [3.63, 3.8) is 0 Å². The number of nitrogens with one attached hydrogen (secondary N) is 1. The topological polar surface area (TPSA) is 110 Å². The predicted molar refractivity (Wildman–Crippen MR) is 112 cm³/mol. The summed E-state index contributed by atoms with van der Waals surface area (Å²) in [5.41, 5.74) is 5.04. The van der Waals surface area contributed by atoms with Crippen LogP contribution in [0.2, 0.25) is 5.02 Å². The summed E-state index contributed by atoms with van der Waals surface area (Å²) in [4.78, 5) is 25.6. The highest BCUT2D eigenvalue weighted by molar-refractivity contribution is 7.91. The Morgan fingerprint density at radius 1 is 1.27 bits per heavy atom. The summed E-state index contributed by atoms with van der Waals surface area (Å²) in [6, 6.07) is 3.64. The normalized spacial score (nSPS) is 18.9. The lowest BCUT2D eigenvalue weighted by atomic mass is 10.1. The number of nitrogens with two attached hydrogens (primary N) is 1. The molecule has 0 aliphatic carbocycles. The van der Waals surface area contributed by atoms with E-state index in [4.69, 9.17) is 17.3 Å². The van der Waals surface area contributed by atoms with E-state index in [1.807, 2.05) is 0 Å². The zero-order valence-corrected chi connectivity index (χ0v) is 18.6. The van der Waals surface area contributed by atoms with Crippen molar-refractivity contribution in [1.82, 2.24) is 5.32 Å². The molecule has 0 radical (unpaired) electrons. The second-order valence-corrected chi connectivity index (χ2v) is 9.91. The monoisotopic (exact) mass is 507 g/mol. The van der Waals surface area contributed by atoms with Crippen molar-refractivity contribution in [1.29, 1.82) is 0 Å². The lowest BCUT2D eigenvalue weighted by molar-refractivity contribution is -0.149. The van der Waals surface area contributed by atoms with E-state index in [0.717, 1.165) is 11.0 Å². The molecule has 0 fully saturated rings. The van der Waals surface area contributed by atoms with Gasteiger partial charge < -0.3 is 16.0 Å². The van der Waals surface area contributed by atoms with Gasteiger partial charge in [-0.05, 0) is 36.8 Å². The molecule has 0 aromatic heterocycles. The molecule has 3 rings (SSSR count). The SMILES string of the molecule is CC(NC(=O)c1cc2c(cc1F)S(=O)(=O)C[C@H](N)C(=O)N2Cc1ccc(Cl)cc1)C(F)(F)F. The summed E-state index contributed by atoms with van der Waals surface area (Å²) in [6.07, 6.45) is -4.79. The van der Waals surface area contributed by atoms with Crippen molar-refractivity contribution in [2.75, 3.05) is 10.7 Å². The summed E-state index contributed by atoms with van der Waals surface area (Å²) >= 11 is 5.85. The Kier molecular flexibility index (Phi) is 6.74. The van der Waals surface area contributed by atoms with Crippen LogP contribution in [0.4, 0.5) is 23.2 Å². The maximum Gasteiger partial charge on any atom is 0.408 e. The minimum absolute atomic E-state index is 0.210. The third-order valence-corrected chi connectivity index (χ3v) is 7.04. The van der Waals surface area contributed by atoms with Gasteiger partial charge in [0.05, 0.1) is 34.5 Å². The predicted octanol–water partition coefficient (Wildman–Crippen LogP) is 2.81. The van der Waals surface area contributed by atoms with Crippen LogP contribution in [-0.4, -0.2) is 44.2 Å². The molecule has 1 heterocycles. The molecular weight excluding hydrogens is 490 g/mol. The fourth-order valence-corrected chi connectivity index (χ4v) is 4.88. The van der Waals surface area contributed by atoms with Crippen LogP contribution in [0.5, 0.6) is 0 Å². The van der Waals surface area contributed by atoms with Gasteiger partial charge in [-0.2, -0.15) is 13.2 Å². The van der Waals surface area contributed by atoms with Gasteiger partial charge in [0.2, 0.25) is 5.91 Å². The Hall–Kier alpha value is -2.70. The van der Waals surface area contributed by atoms with Crippen molar-refractivity contribution < 1.29 is 35.6 Å². The number of benzene rings is 2. The van der Waals surface area contributed by atoms with Crippen LogP contribution in [0.1, 0.15) is 22.8 Å². The highest BCUT2D eigenvalue weighted by atomic mass is 35.5. The van der Waals surface area contributed by atoms with E-state index in [-0.39, 0.29) is 12.2 Å². The zero-order chi connectivity index (χ0) is 24.7. The maximum atomic E-state index is 14.7. The smallest absolute Gasteiger partial charge is 0.340 e. The first-order valence-corrected chi connectivity index (χ1v) is 11.5. The molecule has 1 unspecified atom stereocenters. The number of anilines is 1. The number of alkyl halides is 3. The van der Waals surface area contributed by atoms with Crippen LogP contribution in [0.15, 0.2) is 41.3 Å². The number of fused-ring (bicyclic) bond motifs is 1. The highest BCUT2D eigenvalue weighted by Gasteiger charge is 2.39. The number of nitrogens with zero attached hydrogens (tertiary/aromatic N) is 1. The molecule has 33 heavy (non-hydrogen) atoms. The maximum absolute atomic E-state index is 14.7. The van der Waals surface area contributed by atoms with E-state index in [1.54, 1.807) is 17.4 Å². The number of halogens is 5. The van der Waals surface area contributed by atoms with E-state index in [2.05, 4.69) is 0 Å². The summed E-state index contributed by atoms with van der Waals surface area (Å²) in [6.45, 7) is 0.455. The number of carbonyl (C=O) groups is 2. The van der Waals surface area contributed by atoms with E-state index < -0.39 is 61.9 Å². The van der Waals surface area contributed by atoms with Crippen molar-refractivity contribution in [2.45, 2.75) is 36.6 Å². The number of amides is 2. The molecule has 13 heteroatoms. The first-order chi connectivity index (χ1) is 15.2. The van der Waals surface area contributed by atoms with Gasteiger partial charge in [-0.15, -0.1) is 0 Å². The Bertz CT molecular complexity index is 1200. The zero-order valence-electron chi connectivity index (χ0n) is 17.0. The largest absolute Gasteiger partial charge is 0.408 e. The molecule has 3 N–H and O–H groups in total. The minimum atomic E-state index is -4.79. The Labute approximate surface area is 191 Å². The van der Waals surface area contributed by atoms with Crippen molar-refractivity contribution >= 4 is 38.9 Å². The molecule has 2 amide bonds. The lowest BCUT2D eigenvalue weighted by Gasteiger charge is -2.25. The van der Waals surface area contributed by atoms with Crippen LogP contribution in [0.25, 0.3) is 0 Å². The standard InChI is InChI=1S/C20H18ClF4N3O4S/c1-10(20(23,24)25)27-18(29)13-6-16-17(7-14(13)22)33(31,32)9-15(26)19(30)28(16)8-11-2-4-12(21)5-3-11/h2-7,10,15H,8-9,26H2,1H3,(H,27,29)/t10?,15-/m0/s1. The van der Waals surface area contributed by atoms with Crippen LogP contribution in [0.3, 0.4) is 0 Å². The molecule has 0 saturated heterocycles. The molecule has 0 bridgehead atoms. The average molecular weight is 508 g/mol. The third kappa shape index (κ3) is 5.28. The molecule has 2 atom stereocenters.